The van der Waals surface area contributed by atoms with Crippen LogP contribution in [0.4, 0.5) is 0 Å². The first-order valence-electron chi connectivity index (χ1n) is 8.68. The van der Waals surface area contributed by atoms with Crippen LogP contribution < -0.4 is 14.8 Å². The second-order valence-corrected chi connectivity index (χ2v) is 6.79. The summed E-state index contributed by atoms with van der Waals surface area (Å²) in [6.45, 7) is 0.453. The van der Waals surface area contributed by atoms with E-state index in [9.17, 15) is 15.0 Å². The van der Waals surface area contributed by atoms with Gasteiger partial charge in [-0.3, -0.25) is 9.78 Å². The number of nitrogens with zero attached hydrogens (tertiary/aromatic N) is 2. The molecule has 1 unspecified atom stereocenters. The fraction of sp³-hybridized carbons (Fsp3) is 0.421. The van der Waals surface area contributed by atoms with E-state index >= 15 is 0 Å². The van der Waals surface area contributed by atoms with E-state index < -0.39 is 17.6 Å². The zero-order valence-electron chi connectivity index (χ0n) is 15.4. The smallest absolute Gasteiger partial charge is 0.251 e. The molecule has 0 radical (unpaired) electrons. The van der Waals surface area contributed by atoms with Crippen molar-refractivity contribution in [1.82, 2.24) is 15.3 Å². The summed E-state index contributed by atoms with van der Waals surface area (Å²) < 4.78 is 10.8. The normalized spacial score (nSPS) is 23.5. The Morgan fingerprint density at radius 2 is 1.89 bits per heavy atom. The quantitative estimate of drug-likeness (QED) is 0.629. The molecule has 0 bridgehead atoms. The number of carbonyl (C=O) groups excluding carboxylic acids is 1. The molecule has 1 heterocycles. The molecular formula is C19H24ClN3O5. The maximum Gasteiger partial charge on any atom is 0.251 e. The number of rotatable bonds is 7. The van der Waals surface area contributed by atoms with Crippen molar-refractivity contribution in [3.05, 3.63) is 48.4 Å². The number of hydrogen-bond acceptors (Lipinski definition) is 7. The number of carbonyl (C=O) groups is 1. The molecule has 8 nitrogen and oxygen atoms in total. The Morgan fingerprint density at radius 3 is 2.46 bits per heavy atom. The highest BCUT2D eigenvalue weighted by Gasteiger charge is 2.45. The van der Waals surface area contributed by atoms with Gasteiger partial charge in [-0.1, -0.05) is 0 Å². The third kappa shape index (κ3) is 5.31. The van der Waals surface area contributed by atoms with Crippen LogP contribution in [-0.4, -0.2) is 58.6 Å². The van der Waals surface area contributed by atoms with Crippen LogP contribution in [0.2, 0.25) is 0 Å². The highest BCUT2D eigenvalue weighted by molar-refractivity contribution is 5.94. The van der Waals surface area contributed by atoms with Crippen molar-refractivity contribution >= 4 is 18.3 Å². The number of aliphatic hydroxyl groups excluding tert-OH is 2. The second kappa shape index (κ2) is 9.68. The molecule has 1 saturated carbocycles. The van der Waals surface area contributed by atoms with Crippen LogP contribution in [0.1, 0.15) is 23.2 Å². The molecule has 1 fully saturated rings. The van der Waals surface area contributed by atoms with Gasteiger partial charge < -0.3 is 25.0 Å². The predicted octanol–water partition coefficient (Wildman–Crippen LogP) is 1.22. The van der Waals surface area contributed by atoms with Gasteiger partial charge in [-0.05, 0) is 37.1 Å². The number of halogens is 1. The molecule has 0 spiro atoms. The van der Waals surface area contributed by atoms with Gasteiger partial charge >= 0.3 is 0 Å². The molecule has 1 aromatic heterocycles. The molecule has 1 aromatic carbocycles. The molecule has 0 saturated heterocycles. The molecule has 2 aromatic rings. The fourth-order valence-electron chi connectivity index (χ4n) is 3.26. The Labute approximate surface area is 169 Å². The van der Waals surface area contributed by atoms with Crippen LogP contribution in [0.25, 0.3) is 0 Å². The summed E-state index contributed by atoms with van der Waals surface area (Å²) in [4.78, 5) is 20.4. The number of aromatic nitrogens is 2. The Hall–Kier alpha value is -2.42. The molecular weight excluding hydrogens is 386 g/mol. The lowest BCUT2D eigenvalue weighted by molar-refractivity contribution is 0.0438. The molecule has 9 heteroatoms. The summed E-state index contributed by atoms with van der Waals surface area (Å²) in [7, 11) is 1.56. The van der Waals surface area contributed by atoms with Gasteiger partial charge in [-0.15, -0.1) is 12.4 Å². The monoisotopic (exact) mass is 409 g/mol. The number of aliphatic hydroxyl groups is 2. The van der Waals surface area contributed by atoms with Crippen LogP contribution >= 0.6 is 12.4 Å². The highest BCUT2D eigenvalue weighted by atomic mass is 35.5. The number of benzene rings is 1. The third-order valence-electron chi connectivity index (χ3n) is 4.77. The van der Waals surface area contributed by atoms with Crippen molar-refractivity contribution in [2.24, 2.45) is 5.41 Å². The van der Waals surface area contributed by atoms with Crippen molar-refractivity contribution in [1.29, 1.82) is 0 Å². The molecule has 3 rings (SSSR count). The Morgan fingerprint density at radius 1 is 1.21 bits per heavy atom. The van der Waals surface area contributed by atoms with E-state index in [2.05, 4.69) is 15.3 Å². The molecule has 0 aliphatic heterocycles. The van der Waals surface area contributed by atoms with Crippen LogP contribution in [0.3, 0.4) is 0 Å². The first-order chi connectivity index (χ1) is 13.0. The zero-order valence-corrected chi connectivity index (χ0v) is 16.3. The Kier molecular flexibility index (Phi) is 7.56. The summed E-state index contributed by atoms with van der Waals surface area (Å²) in [5.41, 5.74) is -0.0988. The predicted molar refractivity (Wildman–Crippen MR) is 104 cm³/mol. The summed E-state index contributed by atoms with van der Waals surface area (Å²) in [6.07, 6.45) is 3.48. The molecule has 3 N–H and O–H groups in total. The van der Waals surface area contributed by atoms with E-state index in [0.717, 1.165) is 0 Å². The lowest BCUT2D eigenvalue weighted by Crippen LogP contribution is -2.40. The third-order valence-corrected chi connectivity index (χ3v) is 4.77. The number of ether oxygens (including phenoxy) is 2. The summed E-state index contributed by atoms with van der Waals surface area (Å²) in [6, 6.07) is 6.78. The highest BCUT2D eigenvalue weighted by Crippen LogP contribution is 2.38. The van der Waals surface area contributed by atoms with Crippen LogP contribution in [-0.2, 0) is 0 Å². The molecule has 1 aliphatic rings. The average Bonchev–Trinajstić information content (AvgIpc) is 2.99. The van der Waals surface area contributed by atoms with Gasteiger partial charge in [-0.2, -0.15) is 0 Å². The van der Waals surface area contributed by atoms with E-state index in [1.807, 2.05) is 0 Å². The molecule has 1 amide bonds. The minimum Gasteiger partial charge on any atom is -0.497 e. The van der Waals surface area contributed by atoms with Crippen molar-refractivity contribution in [3.63, 3.8) is 0 Å². The van der Waals surface area contributed by atoms with Crippen molar-refractivity contribution in [2.75, 3.05) is 20.3 Å². The SMILES string of the molecule is COc1ccc(C(=O)NCC2(COc3cnccn3)C[C@@H](O)[C@@H](O)C2)cc1.Cl. The van der Waals surface area contributed by atoms with E-state index in [1.165, 1.54) is 12.4 Å². The Bertz CT molecular complexity index is 750. The molecule has 1 aliphatic carbocycles. The van der Waals surface area contributed by atoms with Gasteiger partial charge in [0.2, 0.25) is 5.88 Å². The van der Waals surface area contributed by atoms with Gasteiger partial charge in [-0.25, -0.2) is 4.98 Å². The average molecular weight is 410 g/mol. The zero-order chi connectivity index (χ0) is 19.3. The minimum absolute atomic E-state index is 0. The summed E-state index contributed by atoms with van der Waals surface area (Å²) in [5.74, 6) is 0.782. The van der Waals surface area contributed by atoms with Crippen molar-refractivity contribution < 1.29 is 24.5 Å². The van der Waals surface area contributed by atoms with E-state index in [-0.39, 0.29) is 31.5 Å². The maximum atomic E-state index is 12.4. The van der Waals surface area contributed by atoms with Gasteiger partial charge in [0.25, 0.3) is 5.91 Å². The first-order valence-corrected chi connectivity index (χ1v) is 8.68. The van der Waals surface area contributed by atoms with E-state index in [1.54, 1.807) is 37.6 Å². The van der Waals surface area contributed by atoms with E-state index in [4.69, 9.17) is 9.47 Å². The largest absolute Gasteiger partial charge is 0.497 e. The van der Waals surface area contributed by atoms with Crippen LogP contribution in [0.15, 0.2) is 42.9 Å². The Balaban J connectivity index is 0.00000280. The number of amides is 1. The van der Waals surface area contributed by atoms with Gasteiger partial charge in [0.05, 0.1) is 32.1 Å². The minimum atomic E-state index is -0.853. The van der Waals surface area contributed by atoms with Gasteiger partial charge in [0, 0.05) is 29.9 Å². The van der Waals surface area contributed by atoms with Gasteiger partial charge in [0.1, 0.15) is 5.75 Å². The standard InChI is InChI=1S/C19H23N3O5.ClH/c1-26-14-4-2-13(3-5-14)18(25)22-11-19(8-15(23)16(24)9-19)12-27-17-10-20-6-7-21-17;/h2-7,10,15-16,23-24H,8-9,11-12H2,1H3,(H,22,25);1H/t15-,16+,19?;. The topological polar surface area (TPSA) is 114 Å². The van der Waals surface area contributed by atoms with Crippen molar-refractivity contribution in [2.45, 2.75) is 25.0 Å². The molecule has 152 valence electrons. The van der Waals surface area contributed by atoms with Gasteiger partial charge in [0.15, 0.2) is 0 Å². The van der Waals surface area contributed by atoms with E-state index in [0.29, 0.717) is 30.0 Å². The summed E-state index contributed by atoms with van der Waals surface area (Å²) in [5, 5.41) is 22.9. The van der Waals surface area contributed by atoms with Crippen molar-refractivity contribution in [3.8, 4) is 11.6 Å². The lowest BCUT2D eigenvalue weighted by Gasteiger charge is -2.29. The number of hydrogen-bond donors (Lipinski definition) is 3. The molecule has 3 atom stereocenters. The fourth-order valence-corrected chi connectivity index (χ4v) is 3.26. The number of nitrogens with one attached hydrogen (secondary N) is 1. The lowest BCUT2D eigenvalue weighted by atomic mass is 9.86. The molecule has 28 heavy (non-hydrogen) atoms. The first kappa shape index (κ1) is 21.9. The van der Waals surface area contributed by atoms with Crippen LogP contribution in [0.5, 0.6) is 11.6 Å². The number of methoxy groups -OCH3 is 1. The summed E-state index contributed by atoms with van der Waals surface area (Å²) >= 11 is 0. The maximum absolute atomic E-state index is 12.4. The van der Waals surface area contributed by atoms with Crippen LogP contribution in [0, 0.1) is 5.41 Å². The second-order valence-electron chi connectivity index (χ2n) is 6.79.